The minimum absolute atomic E-state index is 0.104. The van der Waals surface area contributed by atoms with Gasteiger partial charge in [-0.2, -0.15) is 18.3 Å². The number of thiazole rings is 1. The second kappa shape index (κ2) is 5.99. The molecule has 3 heterocycles. The van der Waals surface area contributed by atoms with Crippen LogP contribution < -0.4 is 5.32 Å². The predicted octanol–water partition coefficient (Wildman–Crippen LogP) is 4.79. The first kappa shape index (κ1) is 16.0. The molecule has 3 aromatic rings. The molecule has 0 saturated carbocycles. The molecule has 3 rings (SSSR count). The summed E-state index contributed by atoms with van der Waals surface area (Å²) >= 11 is 12.6. The minimum atomic E-state index is -4.47. The van der Waals surface area contributed by atoms with E-state index >= 15 is 0 Å². The average molecular weight is 380 g/mol. The van der Waals surface area contributed by atoms with Gasteiger partial charge in [0.15, 0.2) is 16.6 Å². The second-order valence-electron chi connectivity index (χ2n) is 4.29. The second-order valence-corrected chi connectivity index (χ2v) is 5.99. The van der Waals surface area contributed by atoms with E-state index in [2.05, 4.69) is 20.4 Å². The first-order valence-corrected chi connectivity index (χ1v) is 7.62. The zero-order valence-electron chi connectivity index (χ0n) is 11.0. The molecule has 1 N–H and O–H groups in total. The molecule has 5 nitrogen and oxygen atoms in total. The number of alkyl halides is 3. The third-order valence-corrected chi connectivity index (χ3v) is 3.88. The number of halogens is 5. The van der Waals surface area contributed by atoms with Gasteiger partial charge in [0.25, 0.3) is 0 Å². The molecular weight excluding hydrogens is 374 g/mol. The van der Waals surface area contributed by atoms with Gasteiger partial charge in [-0.05, 0) is 6.07 Å². The number of nitrogens with zero attached hydrogens (tertiary/aromatic N) is 4. The Morgan fingerprint density at radius 2 is 2.00 bits per heavy atom. The smallest absolute Gasteiger partial charge is 0.329 e. The number of nitrogens with one attached hydrogen (secondary N) is 1. The van der Waals surface area contributed by atoms with Crippen LogP contribution in [0.15, 0.2) is 30.0 Å². The summed E-state index contributed by atoms with van der Waals surface area (Å²) in [6, 6.07) is 1.51. The van der Waals surface area contributed by atoms with E-state index in [1.165, 1.54) is 29.3 Å². The van der Waals surface area contributed by atoms with E-state index in [1.807, 2.05) is 0 Å². The normalized spacial score (nSPS) is 11.7. The highest BCUT2D eigenvalue weighted by atomic mass is 35.5. The van der Waals surface area contributed by atoms with Crippen LogP contribution in [0.5, 0.6) is 0 Å². The molecule has 0 spiro atoms. The molecule has 0 saturated heterocycles. The molecule has 0 unspecified atom stereocenters. The van der Waals surface area contributed by atoms with Crippen molar-refractivity contribution in [1.29, 1.82) is 0 Å². The van der Waals surface area contributed by atoms with E-state index in [-0.39, 0.29) is 5.13 Å². The molecule has 0 amide bonds. The van der Waals surface area contributed by atoms with Crippen molar-refractivity contribution in [2.24, 2.45) is 0 Å². The Labute approximate surface area is 141 Å². The van der Waals surface area contributed by atoms with Crippen molar-refractivity contribution in [3.05, 3.63) is 45.8 Å². The monoisotopic (exact) mass is 379 g/mol. The molecule has 0 radical (unpaired) electrons. The Balaban J connectivity index is 1.81. The Morgan fingerprint density at radius 3 is 2.65 bits per heavy atom. The van der Waals surface area contributed by atoms with Crippen LogP contribution in [0.1, 0.15) is 5.69 Å². The van der Waals surface area contributed by atoms with Gasteiger partial charge in [0, 0.05) is 11.6 Å². The molecular formula is C12H6Cl2F3N5S. The Bertz CT molecular complexity index is 845. The number of pyridine rings is 1. The quantitative estimate of drug-likeness (QED) is 0.710. The van der Waals surface area contributed by atoms with Gasteiger partial charge in [-0.25, -0.2) is 14.6 Å². The highest BCUT2D eigenvalue weighted by molar-refractivity contribution is 7.13. The molecule has 23 heavy (non-hydrogen) atoms. The summed E-state index contributed by atoms with van der Waals surface area (Å²) in [6.07, 6.45) is -0.118. The van der Waals surface area contributed by atoms with Crippen molar-refractivity contribution in [3.8, 4) is 5.82 Å². The van der Waals surface area contributed by atoms with Gasteiger partial charge < -0.3 is 5.32 Å². The molecule has 3 aromatic heterocycles. The molecule has 0 atom stereocenters. The maximum absolute atomic E-state index is 12.5. The van der Waals surface area contributed by atoms with E-state index in [4.69, 9.17) is 23.2 Å². The zero-order valence-corrected chi connectivity index (χ0v) is 13.3. The van der Waals surface area contributed by atoms with Crippen LogP contribution in [0, 0.1) is 0 Å². The summed E-state index contributed by atoms with van der Waals surface area (Å²) in [4.78, 5) is 7.53. The van der Waals surface area contributed by atoms with Gasteiger partial charge in [0.1, 0.15) is 0 Å². The average Bonchev–Trinajstić information content (AvgIpc) is 3.08. The van der Waals surface area contributed by atoms with E-state index in [9.17, 15) is 13.2 Å². The summed E-state index contributed by atoms with van der Waals surface area (Å²) in [5.74, 6) is 0.347. The molecule has 0 fully saturated rings. The van der Waals surface area contributed by atoms with Crippen molar-refractivity contribution in [1.82, 2.24) is 19.7 Å². The van der Waals surface area contributed by atoms with E-state index in [1.54, 1.807) is 0 Å². The molecule has 11 heteroatoms. The Kier molecular flexibility index (Phi) is 4.17. The minimum Gasteiger partial charge on any atom is -0.329 e. The number of hydrogen-bond acceptors (Lipinski definition) is 5. The third kappa shape index (κ3) is 3.57. The highest BCUT2D eigenvalue weighted by Crippen LogP contribution is 2.32. The first-order valence-electron chi connectivity index (χ1n) is 5.99. The maximum atomic E-state index is 12.5. The Hall–Kier alpha value is -1.84. The molecule has 0 aliphatic rings. The van der Waals surface area contributed by atoms with Crippen molar-refractivity contribution >= 4 is 45.4 Å². The van der Waals surface area contributed by atoms with Gasteiger partial charge in [-0.1, -0.05) is 23.2 Å². The largest absolute Gasteiger partial charge is 0.434 e. The van der Waals surface area contributed by atoms with E-state index in [0.717, 1.165) is 16.7 Å². The SMILES string of the molecule is FC(F)(F)c1csc(Nc2cnn(-c3ncc(Cl)cc3Cl)c2)n1. The lowest BCUT2D eigenvalue weighted by molar-refractivity contribution is -0.140. The topological polar surface area (TPSA) is 55.6 Å². The van der Waals surface area contributed by atoms with Crippen molar-refractivity contribution in [3.63, 3.8) is 0 Å². The lowest BCUT2D eigenvalue weighted by atomic mass is 10.4. The number of aromatic nitrogens is 4. The lowest BCUT2D eigenvalue weighted by Crippen LogP contribution is -2.05. The zero-order chi connectivity index (χ0) is 16.6. The van der Waals surface area contributed by atoms with Crippen LogP contribution >= 0.6 is 34.5 Å². The number of anilines is 2. The summed E-state index contributed by atoms with van der Waals surface area (Å²) in [5.41, 5.74) is -0.499. The third-order valence-electron chi connectivity index (χ3n) is 2.63. The molecule has 0 aromatic carbocycles. The Morgan fingerprint density at radius 1 is 1.22 bits per heavy atom. The van der Waals surface area contributed by atoms with Gasteiger partial charge in [-0.3, -0.25) is 0 Å². The lowest BCUT2D eigenvalue weighted by Gasteiger charge is -2.03. The molecule has 0 bridgehead atoms. The summed E-state index contributed by atoms with van der Waals surface area (Å²) in [6.45, 7) is 0. The molecule has 120 valence electrons. The van der Waals surface area contributed by atoms with Crippen molar-refractivity contribution in [2.45, 2.75) is 6.18 Å². The maximum Gasteiger partial charge on any atom is 0.434 e. The number of hydrogen-bond donors (Lipinski definition) is 1. The van der Waals surface area contributed by atoms with E-state index in [0.29, 0.717) is 21.6 Å². The molecule has 0 aliphatic heterocycles. The van der Waals surface area contributed by atoms with Crippen LogP contribution in [0.4, 0.5) is 24.0 Å². The van der Waals surface area contributed by atoms with Crippen molar-refractivity contribution in [2.75, 3.05) is 5.32 Å². The van der Waals surface area contributed by atoms with Crippen LogP contribution in [0.3, 0.4) is 0 Å². The van der Waals surface area contributed by atoms with Crippen LogP contribution in [-0.4, -0.2) is 19.7 Å². The fourth-order valence-corrected chi connectivity index (χ4v) is 2.87. The van der Waals surface area contributed by atoms with Gasteiger partial charge in [-0.15, -0.1) is 11.3 Å². The van der Waals surface area contributed by atoms with Crippen LogP contribution in [0.2, 0.25) is 10.0 Å². The first-order chi connectivity index (χ1) is 10.8. The van der Waals surface area contributed by atoms with E-state index < -0.39 is 11.9 Å². The van der Waals surface area contributed by atoms with Gasteiger partial charge >= 0.3 is 6.18 Å². The summed E-state index contributed by atoms with van der Waals surface area (Å²) < 4.78 is 38.9. The highest BCUT2D eigenvalue weighted by Gasteiger charge is 2.33. The summed E-state index contributed by atoms with van der Waals surface area (Å²) in [5, 5.41) is 8.50. The van der Waals surface area contributed by atoms with Crippen LogP contribution in [-0.2, 0) is 6.18 Å². The fourth-order valence-electron chi connectivity index (χ4n) is 1.66. The molecule has 0 aliphatic carbocycles. The van der Waals surface area contributed by atoms with Gasteiger partial charge in [0.05, 0.1) is 28.1 Å². The fraction of sp³-hybridized carbons (Fsp3) is 0.0833. The number of rotatable bonds is 3. The summed E-state index contributed by atoms with van der Waals surface area (Å²) in [7, 11) is 0. The predicted molar refractivity (Wildman–Crippen MR) is 81.8 cm³/mol. The standard InChI is InChI=1S/C12H6Cl2F3N5S/c13-6-1-8(14)10(18-2-6)22-4-7(3-19-22)20-11-21-9(5-23-11)12(15,16)17/h1-5H,(H,20,21). The van der Waals surface area contributed by atoms with Crippen LogP contribution in [0.25, 0.3) is 5.82 Å². The van der Waals surface area contributed by atoms with Crippen molar-refractivity contribution < 1.29 is 13.2 Å². The van der Waals surface area contributed by atoms with Gasteiger partial charge in [0.2, 0.25) is 0 Å².